The molecule has 0 aromatic carbocycles. The zero-order valence-electron chi connectivity index (χ0n) is 14.2. The zero-order valence-corrected chi connectivity index (χ0v) is 14.2. The van der Waals surface area contributed by atoms with E-state index in [1.807, 2.05) is 20.9 Å². The van der Waals surface area contributed by atoms with Crippen molar-refractivity contribution in [3.05, 3.63) is 0 Å². The first-order valence-electron chi connectivity index (χ1n) is 7.92. The van der Waals surface area contributed by atoms with Gasteiger partial charge in [0.2, 0.25) is 5.91 Å². The van der Waals surface area contributed by atoms with Crippen molar-refractivity contribution >= 4 is 5.91 Å². The van der Waals surface area contributed by atoms with Crippen LogP contribution in [0.1, 0.15) is 46.5 Å². The third-order valence-corrected chi connectivity index (χ3v) is 4.91. The van der Waals surface area contributed by atoms with Crippen molar-refractivity contribution in [1.29, 1.82) is 0 Å². The number of hydrogen-bond donors (Lipinski definition) is 1. The van der Waals surface area contributed by atoms with Gasteiger partial charge in [-0.3, -0.25) is 4.79 Å². The Hall–Kier alpha value is -0.610. The van der Waals surface area contributed by atoms with Crippen LogP contribution in [0, 0.1) is 5.92 Å². The fourth-order valence-electron chi connectivity index (χ4n) is 3.17. The van der Waals surface area contributed by atoms with Crippen LogP contribution in [0.2, 0.25) is 0 Å². The van der Waals surface area contributed by atoms with E-state index in [-0.39, 0.29) is 17.5 Å². The molecule has 0 aliphatic heterocycles. The van der Waals surface area contributed by atoms with Gasteiger partial charge in [0, 0.05) is 25.2 Å². The van der Waals surface area contributed by atoms with Crippen LogP contribution in [0.3, 0.4) is 0 Å². The molecule has 20 heavy (non-hydrogen) atoms. The van der Waals surface area contributed by atoms with Gasteiger partial charge in [0.05, 0.1) is 6.54 Å². The number of nitrogens with zero attached hydrogens (tertiary/aromatic N) is 2. The number of nitrogens with one attached hydrogen (secondary N) is 1. The van der Waals surface area contributed by atoms with Gasteiger partial charge < -0.3 is 15.1 Å². The largest absolute Gasteiger partial charge is 0.342 e. The van der Waals surface area contributed by atoms with Gasteiger partial charge in [-0.2, -0.15) is 0 Å². The Labute approximate surface area is 124 Å². The highest BCUT2D eigenvalue weighted by molar-refractivity contribution is 5.78. The Balaban J connectivity index is 2.50. The van der Waals surface area contributed by atoms with Crippen molar-refractivity contribution in [2.75, 3.05) is 34.2 Å². The summed E-state index contributed by atoms with van der Waals surface area (Å²) in [5.74, 6) is 0.958. The Kier molecular flexibility index (Phi) is 6.46. The van der Waals surface area contributed by atoms with Gasteiger partial charge in [-0.05, 0) is 46.7 Å². The second-order valence-corrected chi connectivity index (χ2v) is 7.02. The topological polar surface area (TPSA) is 35.6 Å². The van der Waals surface area contributed by atoms with E-state index in [0.717, 1.165) is 12.5 Å². The second-order valence-electron chi connectivity index (χ2n) is 7.02. The van der Waals surface area contributed by atoms with Crippen molar-refractivity contribution in [2.24, 2.45) is 5.92 Å². The van der Waals surface area contributed by atoms with E-state index >= 15 is 0 Å². The van der Waals surface area contributed by atoms with Gasteiger partial charge >= 0.3 is 0 Å². The first-order chi connectivity index (χ1) is 9.28. The summed E-state index contributed by atoms with van der Waals surface area (Å²) < 4.78 is 0. The standard InChI is InChI=1S/C16H33N3O/c1-13(2)19(6)15(20)11-17-12-16(18(4)5)9-7-8-14(3)10-16/h13-14,17H,7-12H2,1-6H3. The minimum absolute atomic E-state index is 0.178. The SMILES string of the molecule is CC1CCCC(CNCC(=O)N(C)C(C)C)(N(C)C)C1. The number of amides is 1. The molecular formula is C16H33N3O. The summed E-state index contributed by atoms with van der Waals surface area (Å²) in [6.07, 6.45) is 5.08. The van der Waals surface area contributed by atoms with E-state index in [2.05, 4.69) is 31.2 Å². The molecule has 1 amide bonds. The van der Waals surface area contributed by atoms with Gasteiger partial charge in [0.25, 0.3) is 0 Å². The van der Waals surface area contributed by atoms with Crippen molar-refractivity contribution in [3.63, 3.8) is 0 Å². The van der Waals surface area contributed by atoms with Gasteiger partial charge in [-0.15, -0.1) is 0 Å². The van der Waals surface area contributed by atoms with Crippen LogP contribution in [0.15, 0.2) is 0 Å². The fourth-order valence-corrected chi connectivity index (χ4v) is 3.17. The molecule has 0 radical (unpaired) electrons. The molecule has 1 aliphatic rings. The number of hydrogen-bond acceptors (Lipinski definition) is 3. The first kappa shape index (κ1) is 17.4. The van der Waals surface area contributed by atoms with Crippen LogP contribution >= 0.6 is 0 Å². The van der Waals surface area contributed by atoms with Crippen molar-refractivity contribution in [3.8, 4) is 0 Å². The van der Waals surface area contributed by atoms with Crippen LogP contribution < -0.4 is 5.32 Å². The Bertz CT molecular complexity index is 317. The maximum Gasteiger partial charge on any atom is 0.236 e. The van der Waals surface area contributed by atoms with E-state index in [1.54, 1.807) is 4.90 Å². The smallest absolute Gasteiger partial charge is 0.236 e. The van der Waals surface area contributed by atoms with Crippen LogP contribution in [-0.4, -0.2) is 61.5 Å². The Morgan fingerprint density at radius 1 is 1.35 bits per heavy atom. The molecule has 0 spiro atoms. The van der Waals surface area contributed by atoms with E-state index in [1.165, 1.54) is 25.7 Å². The lowest BCUT2D eigenvalue weighted by molar-refractivity contribution is -0.130. The quantitative estimate of drug-likeness (QED) is 0.809. The van der Waals surface area contributed by atoms with Crippen LogP contribution in [0.5, 0.6) is 0 Å². The Morgan fingerprint density at radius 3 is 2.50 bits per heavy atom. The number of carbonyl (C=O) groups is 1. The van der Waals surface area contributed by atoms with Gasteiger partial charge in [-0.1, -0.05) is 19.8 Å². The first-order valence-corrected chi connectivity index (χ1v) is 7.92. The molecule has 0 saturated heterocycles. The minimum atomic E-state index is 0.178. The summed E-state index contributed by atoms with van der Waals surface area (Å²) in [5, 5.41) is 3.40. The summed E-state index contributed by atoms with van der Waals surface area (Å²) in [5.41, 5.74) is 0.217. The molecule has 1 saturated carbocycles. The molecule has 4 nitrogen and oxygen atoms in total. The highest BCUT2D eigenvalue weighted by atomic mass is 16.2. The average molecular weight is 283 g/mol. The zero-order chi connectivity index (χ0) is 15.3. The van der Waals surface area contributed by atoms with E-state index in [9.17, 15) is 4.79 Å². The number of rotatable bonds is 6. The maximum atomic E-state index is 12.0. The highest BCUT2D eigenvalue weighted by Crippen LogP contribution is 2.35. The molecule has 2 unspecified atom stereocenters. The molecule has 0 heterocycles. The molecule has 1 aliphatic carbocycles. The van der Waals surface area contributed by atoms with Gasteiger partial charge in [0.1, 0.15) is 0 Å². The lowest BCUT2D eigenvalue weighted by Crippen LogP contribution is -2.55. The minimum Gasteiger partial charge on any atom is -0.342 e. The molecule has 0 bridgehead atoms. The summed E-state index contributed by atoms with van der Waals surface area (Å²) in [6.45, 7) is 7.78. The van der Waals surface area contributed by atoms with Crippen LogP contribution in [0.4, 0.5) is 0 Å². The summed E-state index contributed by atoms with van der Waals surface area (Å²) in [6, 6.07) is 0.266. The predicted molar refractivity (Wildman–Crippen MR) is 84.8 cm³/mol. The predicted octanol–water partition coefficient (Wildman–Crippen LogP) is 1.95. The normalized spacial score (nSPS) is 27.1. The molecule has 4 heteroatoms. The summed E-state index contributed by atoms with van der Waals surface area (Å²) in [4.78, 5) is 16.2. The third-order valence-electron chi connectivity index (χ3n) is 4.91. The molecular weight excluding hydrogens is 250 g/mol. The number of likely N-dealkylation sites (N-methyl/N-ethyl adjacent to an activating group) is 2. The van der Waals surface area contributed by atoms with Gasteiger partial charge in [0.15, 0.2) is 0 Å². The monoisotopic (exact) mass is 283 g/mol. The van der Waals surface area contributed by atoms with Crippen molar-refractivity contribution in [2.45, 2.75) is 58.0 Å². The lowest BCUT2D eigenvalue weighted by atomic mass is 9.75. The molecule has 0 aromatic rings. The number of carbonyl (C=O) groups excluding carboxylic acids is 1. The fraction of sp³-hybridized carbons (Fsp3) is 0.938. The van der Waals surface area contributed by atoms with Gasteiger partial charge in [-0.25, -0.2) is 0 Å². The van der Waals surface area contributed by atoms with E-state index < -0.39 is 0 Å². The molecule has 0 aromatic heterocycles. The molecule has 1 rings (SSSR count). The van der Waals surface area contributed by atoms with E-state index in [0.29, 0.717) is 6.54 Å². The third kappa shape index (κ3) is 4.45. The molecule has 118 valence electrons. The molecule has 2 atom stereocenters. The van der Waals surface area contributed by atoms with Crippen molar-refractivity contribution < 1.29 is 4.79 Å². The average Bonchev–Trinajstić information content (AvgIpc) is 2.37. The second kappa shape index (κ2) is 7.41. The highest BCUT2D eigenvalue weighted by Gasteiger charge is 2.36. The molecule has 1 N–H and O–H groups in total. The van der Waals surface area contributed by atoms with Crippen LogP contribution in [0.25, 0.3) is 0 Å². The Morgan fingerprint density at radius 2 is 2.00 bits per heavy atom. The van der Waals surface area contributed by atoms with E-state index in [4.69, 9.17) is 0 Å². The summed E-state index contributed by atoms with van der Waals surface area (Å²) in [7, 11) is 6.21. The maximum absolute atomic E-state index is 12.0. The van der Waals surface area contributed by atoms with Crippen LogP contribution in [-0.2, 0) is 4.79 Å². The van der Waals surface area contributed by atoms with Crippen molar-refractivity contribution in [1.82, 2.24) is 15.1 Å². The molecule has 1 fully saturated rings. The lowest BCUT2D eigenvalue weighted by Gasteiger charge is -2.45. The summed E-state index contributed by atoms with van der Waals surface area (Å²) >= 11 is 0.